The van der Waals surface area contributed by atoms with Crippen molar-refractivity contribution in [2.24, 2.45) is 0 Å². The molecule has 98 valence electrons. The summed E-state index contributed by atoms with van der Waals surface area (Å²) in [5.41, 5.74) is 1.23. The monoisotopic (exact) mass is 260 g/mol. The number of fused-ring (bicyclic) bond motifs is 1. The Morgan fingerprint density at radius 2 is 2.00 bits per heavy atom. The molecule has 0 unspecified atom stereocenters. The Kier molecular flexibility index (Phi) is 3.04. The third-order valence-corrected chi connectivity index (χ3v) is 2.81. The summed E-state index contributed by atoms with van der Waals surface area (Å²) in [6.07, 6.45) is -2.65. The molecule has 2 rings (SSSR count). The smallest absolute Gasteiger partial charge is 0.262 e. The third kappa shape index (κ3) is 2.32. The number of benzene rings is 1. The lowest BCUT2D eigenvalue weighted by Crippen LogP contribution is -2.17. The Balaban J connectivity index is 2.55. The first-order valence-electron chi connectivity index (χ1n) is 5.53. The van der Waals surface area contributed by atoms with Gasteiger partial charge in [-0.3, -0.25) is 4.68 Å². The molecule has 0 aliphatic rings. The summed E-state index contributed by atoms with van der Waals surface area (Å²) in [4.78, 5) is 0. The minimum absolute atomic E-state index is 0.00157. The molecule has 1 aromatic carbocycles. The molecule has 0 saturated heterocycles. The van der Waals surface area contributed by atoms with E-state index in [0.717, 1.165) is 10.2 Å². The molecule has 0 spiro atoms. The lowest BCUT2D eigenvalue weighted by molar-refractivity contribution is -0.142. The molecule has 0 aliphatic carbocycles. The van der Waals surface area contributed by atoms with Crippen molar-refractivity contribution in [3.05, 3.63) is 29.2 Å². The van der Waals surface area contributed by atoms with Crippen LogP contribution in [0, 0.1) is 12.7 Å². The van der Waals surface area contributed by atoms with Crippen molar-refractivity contribution in [3.8, 4) is 0 Å². The van der Waals surface area contributed by atoms with Gasteiger partial charge in [-0.15, -0.1) is 0 Å². The molecule has 0 aliphatic heterocycles. The molecule has 1 heterocycles. The predicted molar refractivity (Wildman–Crippen MR) is 59.9 cm³/mol. The highest BCUT2D eigenvalue weighted by Crippen LogP contribution is 2.25. The van der Waals surface area contributed by atoms with Gasteiger partial charge in [0.15, 0.2) is 5.82 Å². The van der Waals surface area contributed by atoms with E-state index in [1.54, 1.807) is 19.9 Å². The molecule has 2 aromatic rings. The van der Waals surface area contributed by atoms with Gasteiger partial charge in [-0.1, -0.05) is 6.92 Å². The van der Waals surface area contributed by atoms with Crippen molar-refractivity contribution in [1.29, 1.82) is 0 Å². The van der Waals surface area contributed by atoms with Gasteiger partial charge in [0.25, 0.3) is 0 Å². The lowest BCUT2D eigenvalue weighted by atomic mass is 10.0. The number of aromatic nitrogens is 2. The average molecular weight is 260 g/mol. The maximum absolute atomic E-state index is 14.0. The number of hydrogen-bond acceptors (Lipinski definition) is 1. The van der Waals surface area contributed by atoms with E-state index in [2.05, 4.69) is 5.10 Å². The molecular formula is C12H12F4N2. The van der Waals surface area contributed by atoms with E-state index in [-0.39, 0.29) is 5.52 Å². The third-order valence-electron chi connectivity index (χ3n) is 2.81. The van der Waals surface area contributed by atoms with Gasteiger partial charge >= 0.3 is 6.18 Å². The van der Waals surface area contributed by atoms with Crippen LogP contribution in [0.5, 0.6) is 0 Å². The molecule has 0 saturated carbocycles. The molecular weight excluding hydrogens is 248 g/mol. The molecule has 0 fully saturated rings. The van der Waals surface area contributed by atoms with Crippen LogP contribution in [0.1, 0.15) is 18.1 Å². The zero-order valence-electron chi connectivity index (χ0n) is 9.98. The van der Waals surface area contributed by atoms with Crippen molar-refractivity contribution in [2.45, 2.75) is 33.0 Å². The summed E-state index contributed by atoms with van der Waals surface area (Å²) in [6.45, 7) is 2.33. The van der Waals surface area contributed by atoms with Gasteiger partial charge in [0.2, 0.25) is 0 Å². The van der Waals surface area contributed by atoms with Crippen LogP contribution in [-0.4, -0.2) is 16.0 Å². The Labute approximate surface area is 101 Å². The highest BCUT2D eigenvalue weighted by Gasteiger charge is 2.28. The van der Waals surface area contributed by atoms with E-state index in [1.807, 2.05) is 0 Å². The summed E-state index contributed by atoms with van der Waals surface area (Å²) < 4.78 is 51.5. The van der Waals surface area contributed by atoms with Crippen molar-refractivity contribution in [1.82, 2.24) is 9.78 Å². The SMILES string of the molecule is CCc1c(C)cc2cn(CC(F)(F)F)nc2c1F. The van der Waals surface area contributed by atoms with Gasteiger partial charge in [0.05, 0.1) is 0 Å². The molecule has 1 aromatic heterocycles. The Morgan fingerprint density at radius 3 is 2.56 bits per heavy atom. The van der Waals surface area contributed by atoms with E-state index in [9.17, 15) is 17.6 Å². The van der Waals surface area contributed by atoms with Gasteiger partial charge < -0.3 is 0 Å². The van der Waals surface area contributed by atoms with Crippen LogP contribution in [0.3, 0.4) is 0 Å². The zero-order valence-corrected chi connectivity index (χ0v) is 9.98. The van der Waals surface area contributed by atoms with Crippen LogP contribution in [0.25, 0.3) is 10.9 Å². The van der Waals surface area contributed by atoms with E-state index in [1.165, 1.54) is 6.20 Å². The average Bonchev–Trinajstić information content (AvgIpc) is 2.58. The number of rotatable bonds is 2. The fourth-order valence-corrected chi connectivity index (χ4v) is 2.05. The van der Waals surface area contributed by atoms with Gasteiger partial charge in [0.1, 0.15) is 12.1 Å². The summed E-state index contributed by atoms with van der Waals surface area (Å²) in [6, 6.07) is 1.66. The minimum atomic E-state index is -4.36. The second kappa shape index (κ2) is 4.26. The van der Waals surface area contributed by atoms with E-state index in [0.29, 0.717) is 17.4 Å². The Morgan fingerprint density at radius 1 is 1.33 bits per heavy atom. The topological polar surface area (TPSA) is 17.8 Å². The first kappa shape index (κ1) is 12.9. The van der Waals surface area contributed by atoms with Crippen molar-refractivity contribution in [2.75, 3.05) is 0 Å². The van der Waals surface area contributed by atoms with Crippen LogP contribution < -0.4 is 0 Å². The van der Waals surface area contributed by atoms with Crippen molar-refractivity contribution >= 4 is 10.9 Å². The molecule has 0 bridgehead atoms. The molecule has 0 atom stereocenters. The highest BCUT2D eigenvalue weighted by molar-refractivity contribution is 5.80. The summed E-state index contributed by atoms with van der Waals surface area (Å²) >= 11 is 0. The normalized spacial score (nSPS) is 12.3. The highest BCUT2D eigenvalue weighted by atomic mass is 19.4. The van der Waals surface area contributed by atoms with Gasteiger partial charge in [0, 0.05) is 11.6 Å². The second-order valence-electron chi connectivity index (χ2n) is 4.22. The number of alkyl halides is 3. The number of nitrogens with zero attached hydrogens (tertiary/aromatic N) is 2. The van der Waals surface area contributed by atoms with Crippen LogP contribution in [0.4, 0.5) is 17.6 Å². The predicted octanol–water partition coefficient (Wildman–Crippen LogP) is 3.61. The van der Waals surface area contributed by atoms with E-state index >= 15 is 0 Å². The minimum Gasteiger partial charge on any atom is -0.262 e. The van der Waals surface area contributed by atoms with Crippen LogP contribution in [0.2, 0.25) is 0 Å². The molecule has 2 nitrogen and oxygen atoms in total. The Hall–Kier alpha value is -1.59. The van der Waals surface area contributed by atoms with Gasteiger partial charge in [-0.25, -0.2) is 4.39 Å². The molecule has 6 heteroatoms. The van der Waals surface area contributed by atoms with E-state index < -0.39 is 18.5 Å². The number of hydrogen-bond donors (Lipinski definition) is 0. The van der Waals surface area contributed by atoms with Gasteiger partial charge in [-0.05, 0) is 30.5 Å². The van der Waals surface area contributed by atoms with E-state index in [4.69, 9.17) is 0 Å². The van der Waals surface area contributed by atoms with Crippen molar-refractivity contribution < 1.29 is 17.6 Å². The molecule has 0 N–H and O–H groups in total. The van der Waals surface area contributed by atoms with Crippen LogP contribution in [0.15, 0.2) is 12.3 Å². The summed E-state index contributed by atoms with van der Waals surface area (Å²) in [7, 11) is 0. The lowest BCUT2D eigenvalue weighted by Gasteiger charge is -2.05. The second-order valence-corrected chi connectivity index (χ2v) is 4.22. The molecule has 0 amide bonds. The van der Waals surface area contributed by atoms with Crippen LogP contribution in [-0.2, 0) is 13.0 Å². The van der Waals surface area contributed by atoms with Crippen LogP contribution >= 0.6 is 0 Å². The fraction of sp³-hybridized carbons (Fsp3) is 0.417. The first-order valence-corrected chi connectivity index (χ1v) is 5.53. The molecule has 0 radical (unpaired) electrons. The zero-order chi connectivity index (χ0) is 13.5. The van der Waals surface area contributed by atoms with Crippen molar-refractivity contribution in [3.63, 3.8) is 0 Å². The largest absolute Gasteiger partial charge is 0.408 e. The summed E-state index contributed by atoms with van der Waals surface area (Å²) in [5.74, 6) is -0.520. The number of aryl methyl sites for hydroxylation is 1. The molecule has 18 heavy (non-hydrogen) atoms. The first-order chi connectivity index (χ1) is 8.31. The summed E-state index contributed by atoms with van der Waals surface area (Å²) in [5, 5.41) is 4.06. The standard InChI is InChI=1S/C12H12F4N2/c1-3-9-7(2)4-8-5-18(6-12(14,15)16)17-11(8)10(9)13/h4-5H,3,6H2,1-2H3. The maximum Gasteiger partial charge on any atom is 0.408 e. The Bertz CT molecular complexity index is 584. The van der Waals surface area contributed by atoms with Gasteiger partial charge in [-0.2, -0.15) is 18.3 Å². The fourth-order valence-electron chi connectivity index (χ4n) is 2.05. The maximum atomic E-state index is 14.0. The number of halogens is 4. The quantitative estimate of drug-likeness (QED) is 0.754.